The van der Waals surface area contributed by atoms with E-state index in [0.29, 0.717) is 0 Å². The van der Waals surface area contributed by atoms with Crippen molar-refractivity contribution in [2.75, 3.05) is 0 Å². The summed E-state index contributed by atoms with van der Waals surface area (Å²) < 4.78 is 0. The summed E-state index contributed by atoms with van der Waals surface area (Å²) in [5, 5.41) is 0.819. The second-order valence-corrected chi connectivity index (χ2v) is 5.79. The number of hydrazine groups is 1. The summed E-state index contributed by atoms with van der Waals surface area (Å²) in [6, 6.07) is 6.42. The Kier molecular flexibility index (Phi) is 7.44. The predicted octanol–water partition coefficient (Wildman–Crippen LogP) is 4.76. The highest BCUT2D eigenvalue weighted by Crippen LogP contribution is 2.28. The third-order valence-corrected chi connectivity index (χ3v) is 4.32. The molecule has 3 heteroatoms. The minimum atomic E-state index is 0.194. The first-order chi connectivity index (χ1) is 9.12. The molecular weight excluding hydrogens is 256 g/mol. The van der Waals surface area contributed by atoms with Crippen molar-refractivity contribution in [3.63, 3.8) is 0 Å². The van der Waals surface area contributed by atoms with Crippen LogP contribution in [-0.4, -0.2) is 0 Å². The predicted molar refractivity (Wildman–Crippen MR) is 84.2 cm³/mol. The summed E-state index contributed by atoms with van der Waals surface area (Å²) in [5.74, 6) is 6.45. The number of hydrogen-bond acceptors (Lipinski definition) is 2. The van der Waals surface area contributed by atoms with Crippen LogP contribution in [-0.2, 0) is 0 Å². The largest absolute Gasteiger partial charge is 0.271 e. The molecule has 0 aromatic heterocycles. The minimum absolute atomic E-state index is 0.194. The quantitative estimate of drug-likeness (QED) is 0.533. The smallest absolute Gasteiger partial charge is 0.0463 e. The van der Waals surface area contributed by atoms with Crippen molar-refractivity contribution in [1.82, 2.24) is 5.43 Å². The van der Waals surface area contributed by atoms with Gasteiger partial charge in [-0.25, -0.2) is 0 Å². The van der Waals surface area contributed by atoms with Crippen molar-refractivity contribution in [2.24, 2.45) is 11.8 Å². The molecule has 1 aromatic rings. The maximum atomic E-state index is 6.20. The number of nitrogens with two attached hydrogens (primary N) is 1. The SMILES string of the molecule is CCCCC(CC)CC(NN)c1ccc(C)c(Cl)c1. The second-order valence-electron chi connectivity index (χ2n) is 5.38. The van der Waals surface area contributed by atoms with Gasteiger partial charge in [0.25, 0.3) is 0 Å². The van der Waals surface area contributed by atoms with Gasteiger partial charge in [0.2, 0.25) is 0 Å². The maximum absolute atomic E-state index is 6.20. The molecule has 2 unspecified atom stereocenters. The van der Waals surface area contributed by atoms with Crippen molar-refractivity contribution in [3.05, 3.63) is 34.3 Å². The molecule has 2 nitrogen and oxygen atoms in total. The molecule has 0 fully saturated rings. The van der Waals surface area contributed by atoms with Gasteiger partial charge in [0, 0.05) is 11.1 Å². The van der Waals surface area contributed by atoms with E-state index in [1.54, 1.807) is 0 Å². The number of benzene rings is 1. The van der Waals surface area contributed by atoms with Gasteiger partial charge >= 0.3 is 0 Å². The molecule has 0 saturated carbocycles. The van der Waals surface area contributed by atoms with E-state index in [1.807, 2.05) is 13.0 Å². The van der Waals surface area contributed by atoms with Crippen LogP contribution in [0.4, 0.5) is 0 Å². The minimum Gasteiger partial charge on any atom is -0.271 e. The molecule has 0 bridgehead atoms. The molecule has 0 aliphatic carbocycles. The first kappa shape index (κ1) is 16.5. The standard InChI is InChI=1S/C16H27ClN2/c1-4-6-7-13(5-2)10-16(19-18)14-9-8-12(3)15(17)11-14/h8-9,11,13,16,19H,4-7,10,18H2,1-3H3. The maximum Gasteiger partial charge on any atom is 0.0463 e. The van der Waals surface area contributed by atoms with Crippen molar-refractivity contribution in [1.29, 1.82) is 0 Å². The van der Waals surface area contributed by atoms with Crippen LogP contribution < -0.4 is 11.3 Å². The fraction of sp³-hybridized carbons (Fsp3) is 0.625. The zero-order valence-corrected chi connectivity index (χ0v) is 13.1. The van der Waals surface area contributed by atoms with E-state index in [4.69, 9.17) is 17.4 Å². The molecule has 1 aromatic carbocycles. The highest BCUT2D eigenvalue weighted by atomic mass is 35.5. The molecule has 1 rings (SSSR count). The Morgan fingerprint density at radius 2 is 2.05 bits per heavy atom. The summed E-state index contributed by atoms with van der Waals surface area (Å²) in [6.07, 6.45) is 6.12. The molecule has 0 saturated heterocycles. The second kappa shape index (κ2) is 8.57. The Hall–Kier alpha value is -0.570. The number of unbranched alkanes of at least 4 members (excludes halogenated alkanes) is 1. The number of halogens is 1. The molecule has 0 radical (unpaired) electrons. The van der Waals surface area contributed by atoms with E-state index in [9.17, 15) is 0 Å². The average molecular weight is 283 g/mol. The summed E-state index contributed by atoms with van der Waals surface area (Å²) >= 11 is 6.20. The lowest BCUT2D eigenvalue weighted by atomic mass is 9.89. The van der Waals surface area contributed by atoms with E-state index in [1.165, 1.54) is 31.2 Å². The zero-order chi connectivity index (χ0) is 14.3. The van der Waals surface area contributed by atoms with E-state index < -0.39 is 0 Å². The van der Waals surface area contributed by atoms with Crippen molar-refractivity contribution in [3.8, 4) is 0 Å². The van der Waals surface area contributed by atoms with E-state index in [-0.39, 0.29) is 6.04 Å². The molecule has 0 heterocycles. The summed E-state index contributed by atoms with van der Waals surface area (Å²) in [5.41, 5.74) is 5.25. The van der Waals surface area contributed by atoms with E-state index in [0.717, 1.165) is 22.9 Å². The summed E-state index contributed by atoms with van der Waals surface area (Å²) in [4.78, 5) is 0. The van der Waals surface area contributed by atoms with Crippen LogP contribution in [0, 0.1) is 12.8 Å². The fourth-order valence-corrected chi connectivity index (χ4v) is 2.63. The summed E-state index contributed by atoms with van der Waals surface area (Å²) in [6.45, 7) is 6.52. The van der Waals surface area contributed by atoms with Gasteiger partial charge in [-0.05, 0) is 36.5 Å². The van der Waals surface area contributed by atoms with Gasteiger partial charge < -0.3 is 0 Å². The monoisotopic (exact) mass is 282 g/mol. The molecular formula is C16H27ClN2. The van der Waals surface area contributed by atoms with Crippen LogP contribution in [0.25, 0.3) is 0 Å². The van der Waals surface area contributed by atoms with Crippen molar-refractivity contribution >= 4 is 11.6 Å². The Bertz CT molecular complexity index is 379. The van der Waals surface area contributed by atoms with Gasteiger partial charge in [-0.2, -0.15) is 0 Å². The van der Waals surface area contributed by atoms with Crippen LogP contribution >= 0.6 is 11.6 Å². The van der Waals surface area contributed by atoms with Gasteiger partial charge in [-0.1, -0.05) is 63.3 Å². The van der Waals surface area contributed by atoms with Gasteiger partial charge in [-0.3, -0.25) is 11.3 Å². The van der Waals surface area contributed by atoms with E-state index in [2.05, 4.69) is 31.4 Å². The van der Waals surface area contributed by atoms with Crippen LogP contribution in [0.3, 0.4) is 0 Å². The third kappa shape index (κ3) is 5.13. The third-order valence-electron chi connectivity index (χ3n) is 3.91. The first-order valence-corrected chi connectivity index (χ1v) is 7.72. The van der Waals surface area contributed by atoms with Gasteiger partial charge in [0.05, 0.1) is 0 Å². The Labute approximate surface area is 122 Å². The van der Waals surface area contributed by atoms with Gasteiger partial charge in [-0.15, -0.1) is 0 Å². The molecule has 0 aliphatic heterocycles. The van der Waals surface area contributed by atoms with Crippen LogP contribution in [0.1, 0.15) is 63.1 Å². The van der Waals surface area contributed by atoms with Gasteiger partial charge in [0.15, 0.2) is 0 Å². The van der Waals surface area contributed by atoms with Crippen molar-refractivity contribution in [2.45, 2.75) is 58.9 Å². The molecule has 19 heavy (non-hydrogen) atoms. The first-order valence-electron chi connectivity index (χ1n) is 7.34. The number of aryl methyl sites for hydroxylation is 1. The Morgan fingerprint density at radius 1 is 1.32 bits per heavy atom. The highest BCUT2D eigenvalue weighted by molar-refractivity contribution is 6.31. The van der Waals surface area contributed by atoms with Crippen molar-refractivity contribution < 1.29 is 0 Å². The van der Waals surface area contributed by atoms with Gasteiger partial charge in [0.1, 0.15) is 0 Å². The number of hydrogen-bond donors (Lipinski definition) is 2. The molecule has 0 amide bonds. The highest BCUT2D eigenvalue weighted by Gasteiger charge is 2.16. The average Bonchev–Trinajstić information content (AvgIpc) is 2.42. The lowest BCUT2D eigenvalue weighted by molar-refractivity contribution is 0.356. The zero-order valence-electron chi connectivity index (χ0n) is 12.4. The fourth-order valence-electron chi connectivity index (χ4n) is 2.44. The number of nitrogens with one attached hydrogen (secondary N) is 1. The Balaban J connectivity index is 2.72. The topological polar surface area (TPSA) is 38.0 Å². The molecule has 108 valence electrons. The molecule has 2 atom stereocenters. The van der Waals surface area contributed by atoms with E-state index >= 15 is 0 Å². The normalized spacial score (nSPS) is 14.4. The van der Waals surface area contributed by atoms with Crippen LogP contribution in [0.15, 0.2) is 18.2 Å². The summed E-state index contributed by atoms with van der Waals surface area (Å²) in [7, 11) is 0. The molecule has 0 spiro atoms. The Morgan fingerprint density at radius 3 is 2.58 bits per heavy atom. The van der Waals surface area contributed by atoms with Crippen LogP contribution in [0.5, 0.6) is 0 Å². The number of rotatable bonds is 8. The lowest BCUT2D eigenvalue weighted by Gasteiger charge is -2.23. The van der Waals surface area contributed by atoms with Crippen LogP contribution in [0.2, 0.25) is 5.02 Å². The lowest BCUT2D eigenvalue weighted by Crippen LogP contribution is -2.29. The molecule has 0 aliphatic rings. The molecule has 3 N–H and O–H groups in total.